The number of aromatic nitrogens is 3. The molecule has 6 heteroatoms. The lowest BCUT2D eigenvalue weighted by Crippen LogP contribution is -2.16. The summed E-state index contributed by atoms with van der Waals surface area (Å²) in [4.78, 5) is 9.69. The number of nitrogens with two attached hydrogens (primary N) is 1. The van der Waals surface area contributed by atoms with Crippen molar-refractivity contribution in [2.24, 2.45) is 5.73 Å². The highest BCUT2D eigenvalue weighted by atomic mass is 19.1. The average Bonchev–Trinajstić information content (AvgIpc) is 3.00. The molecule has 3 aromatic rings. The van der Waals surface area contributed by atoms with Gasteiger partial charge in [-0.3, -0.25) is 4.98 Å². The molecule has 2 N–H and O–H groups in total. The lowest BCUT2D eigenvalue weighted by atomic mass is 10.0. The molecule has 5 nitrogen and oxygen atoms in total. The van der Waals surface area contributed by atoms with E-state index in [0.29, 0.717) is 19.1 Å². The SMILES string of the molecule is COCC(CF)n1cc(C)c2nc(-c3ccc(C(C)C)nc3CN)c(C)cc21. The number of alkyl halides is 1. The van der Waals surface area contributed by atoms with Crippen LogP contribution in [0.4, 0.5) is 4.39 Å². The number of halogens is 1. The van der Waals surface area contributed by atoms with Gasteiger partial charge in [0.1, 0.15) is 6.67 Å². The molecule has 1 atom stereocenters. The fourth-order valence-corrected chi connectivity index (χ4v) is 3.60. The van der Waals surface area contributed by atoms with Crippen molar-refractivity contribution >= 4 is 11.0 Å². The number of pyridine rings is 2. The second kappa shape index (κ2) is 8.37. The second-order valence-electron chi connectivity index (χ2n) is 7.59. The van der Waals surface area contributed by atoms with E-state index >= 15 is 0 Å². The van der Waals surface area contributed by atoms with Crippen molar-refractivity contribution in [1.29, 1.82) is 0 Å². The Labute approximate surface area is 165 Å². The third-order valence-corrected chi connectivity index (χ3v) is 5.14. The minimum atomic E-state index is -0.490. The summed E-state index contributed by atoms with van der Waals surface area (Å²) in [7, 11) is 1.59. The summed E-state index contributed by atoms with van der Waals surface area (Å²) in [5.41, 5.74) is 13.5. The van der Waals surface area contributed by atoms with Crippen molar-refractivity contribution in [2.45, 2.75) is 46.2 Å². The second-order valence-corrected chi connectivity index (χ2v) is 7.59. The fraction of sp³-hybridized carbons (Fsp3) is 0.455. The molecular formula is C22H29FN4O. The maximum atomic E-state index is 13.6. The van der Waals surface area contributed by atoms with Crippen LogP contribution in [0, 0.1) is 13.8 Å². The lowest BCUT2D eigenvalue weighted by Gasteiger charge is -2.17. The van der Waals surface area contributed by atoms with Crippen LogP contribution in [-0.4, -0.2) is 34.9 Å². The van der Waals surface area contributed by atoms with Crippen LogP contribution in [0.2, 0.25) is 0 Å². The standard InChI is InChI=1S/C22H29FN4O/c1-13(2)18-7-6-17(19(10-24)25-18)21-14(3)8-20-22(26-21)15(4)11-27(20)16(9-23)12-28-5/h6-8,11,13,16H,9-10,12,24H2,1-5H3. The molecule has 0 bridgehead atoms. The Morgan fingerprint density at radius 2 is 1.93 bits per heavy atom. The number of rotatable bonds is 7. The number of methoxy groups -OCH3 is 1. The van der Waals surface area contributed by atoms with Gasteiger partial charge in [-0.1, -0.05) is 13.8 Å². The van der Waals surface area contributed by atoms with E-state index in [4.69, 9.17) is 20.4 Å². The molecular weight excluding hydrogens is 355 g/mol. The first-order valence-corrected chi connectivity index (χ1v) is 9.65. The summed E-state index contributed by atoms with van der Waals surface area (Å²) in [6.45, 7) is 8.43. The zero-order chi connectivity index (χ0) is 20.4. The number of aryl methyl sites for hydroxylation is 2. The maximum Gasteiger partial charge on any atom is 0.112 e. The van der Waals surface area contributed by atoms with E-state index in [0.717, 1.165) is 44.8 Å². The van der Waals surface area contributed by atoms with E-state index in [9.17, 15) is 4.39 Å². The summed E-state index contributed by atoms with van der Waals surface area (Å²) < 4.78 is 20.7. The van der Waals surface area contributed by atoms with Crippen molar-refractivity contribution in [1.82, 2.24) is 14.5 Å². The summed E-state index contributed by atoms with van der Waals surface area (Å²) in [6.07, 6.45) is 1.95. The van der Waals surface area contributed by atoms with Crippen LogP contribution in [-0.2, 0) is 11.3 Å². The van der Waals surface area contributed by atoms with Gasteiger partial charge < -0.3 is 15.0 Å². The summed E-state index contributed by atoms with van der Waals surface area (Å²) in [5, 5.41) is 0. The van der Waals surface area contributed by atoms with E-state index < -0.39 is 6.67 Å². The van der Waals surface area contributed by atoms with Crippen LogP contribution in [0.25, 0.3) is 22.3 Å². The Bertz CT molecular complexity index is 980. The highest BCUT2D eigenvalue weighted by Crippen LogP contribution is 2.31. The maximum absolute atomic E-state index is 13.6. The molecule has 0 aromatic carbocycles. The Morgan fingerprint density at radius 1 is 1.18 bits per heavy atom. The Hall–Kier alpha value is -2.31. The third-order valence-electron chi connectivity index (χ3n) is 5.14. The molecule has 0 aliphatic heterocycles. The molecule has 3 aromatic heterocycles. The molecule has 3 heterocycles. The highest BCUT2D eigenvalue weighted by Gasteiger charge is 2.19. The van der Waals surface area contributed by atoms with E-state index in [1.54, 1.807) is 7.11 Å². The number of hydrogen-bond donors (Lipinski definition) is 1. The number of hydrogen-bond acceptors (Lipinski definition) is 4. The number of ether oxygens (including phenoxy) is 1. The molecule has 0 spiro atoms. The normalized spacial score (nSPS) is 12.9. The number of fused-ring (bicyclic) bond motifs is 1. The van der Waals surface area contributed by atoms with Gasteiger partial charge in [0.25, 0.3) is 0 Å². The van der Waals surface area contributed by atoms with Gasteiger partial charge in [-0.15, -0.1) is 0 Å². The van der Waals surface area contributed by atoms with Crippen molar-refractivity contribution < 1.29 is 9.13 Å². The van der Waals surface area contributed by atoms with E-state index in [2.05, 4.69) is 26.0 Å². The quantitative estimate of drug-likeness (QED) is 0.653. The average molecular weight is 384 g/mol. The zero-order valence-electron chi connectivity index (χ0n) is 17.3. The van der Waals surface area contributed by atoms with Crippen LogP contribution < -0.4 is 5.73 Å². The summed E-state index contributed by atoms with van der Waals surface area (Å²) in [6, 6.07) is 5.81. The van der Waals surface area contributed by atoms with Crippen LogP contribution in [0.1, 0.15) is 48.3 Å². The van der Waals surface area contributed by atoms with Crippen molar-refractivity contribution in [3.05, 3.63) is 46.9 Å². The molecule has 150 valence electrons. The van der Waals surface area contributed by atoms with Crippen molar-refractivity contribution in [3.8, 4) is 11.3 Å². The molecule has 0 radical (unpaired) electrons. The topological polar surface area (TPSA) is 66.0 Å². The zero-order valence-corrected chi connectivity index (χ0v) is 17.3. The molecule has 0 amide bonds. The van der Waals surface area contributed by atoms with Gasteiger partial charge in [0.05, 0.1) is 35.1 Å². The van der Waals surface area contributed by atoms with E-state index in [-0.39, 0.29) is 6.04 Å². The third kappa shape index (κ3) is 3.66. The van der Waals surface area contributed by atoms with Gasteiger partial charge >= 0.3 is 0 Å². The molecule has 0 aliphatic carbocycles. The molecule has 0 saturated heterocycles. The molecule has 0 aliphatic rings. The van der Waals surface area contributed by atoms with E-state index in [1.807, 2.05) is 30.7 Å². The Balaban J connectivity index is 2.17. The van der Waals surface area contributed by atoms with Gasteiger partial charge in [-0.05, 0) is 49.1 Å². The van der Waals surface area contributed by atoms with Crippen LogP contribution in [0.15, 0.2) is 24.4 Å². The highest BCUT2D eigenvalue weighted by molar-refractivity contribution is 5.84. The van der Waals surface area contributed by atoms with Gasteiger partial charge in [-0.25, -0.2) is 9.37 Å². The molecule has 0 saturated carbocycles. The van der Waals surface area contributed by atoms with Crippen molar-refractivity contribution in [3.63, 3.8) is 0 Å². The van der Waals surface area contributed by atoms with Gasteiger partial charge in [-0.2, -0.15) is 0 Å². The predicted octanol–water partition coefficient (Wildman–Crippen LogP) is 4.45. The Morgan fingerprint density at radius 3 is 2.54 bits per heavy atom. The number of nitrogens with zero attached hydrogens (tertiary/aromatic N) is 3. The first-order valence-electron chi connectivity index (χ1n) is 9.65. The minimum absolute atomic E-state index is 0.318. The van der Waals surface area contributed by atoms with Gasteiger partial charge in [0.15, 0.2) is 0 Å². The van der Waals surface area contributed by atoms with E-state index in [1.165, 1.54) is 0 Å². The molecule has 3 rings (SSSR count). The predicted molar refractivity (Wildman–Crippen MR) is 111 cm³/mol. The van der Waals surface area contributed by atoms with Crippen LogP contribution in [0.3, 0.4) is 0 Å². The first kappa shape index (κ1) is 20.4. The van der Waals surface area contributed by atoms with Crippen LogP contribution in [0.5, 0.6) is 0 Å². The summed E-state index contributed by atoms with van der Waals surface area (Å²) >= 11 is 0. The molecule has 28 heavy (non-hydrogen) atoms. The lowest BCUT2D eigenvalue weighted by molar-refractivity contribution is 0.142. The first-order chi connectivity index (χ1) is 13.4. The van der Waals surface area contributed by atoms with Gasteiger partial charge in [0, 0.05) is 31.1 Å². The van der Waals surface area contributed by atoms with Crippen LogP contribution >= 0.6 is 0 Å². The van der Waals surface area contributed by atoms with Crippen molar-refractivity contribution in [2.75, 3.05) is 20.4 Å². The molecule has 1 unspecified atom stereocenters. The largest absolute Gasteiger partial charge is 0.382 e. The smallest absolute Gasteiger partial charge is 0.112 e. The van der Waals surface area contributed by atoms with Gasteiger partial charge in [0.2, 0.25) is 0 Å². The molecule has 0 fully saturated rings. The summed E-state index contributed by atoms with van der Waals surface area (Å²) in [5.74, 6) is 0.339. The Kier molecular flexibility index (Phi) is 6.10. The monoisotopic (exact) mass is 384 g/mol. The fourth-order valence-electron chi connectivity index (χ4n) is 3.60. The minimum Gasteiger partial charge on any atom is -0.382 e.